The van der Waals surface area contributed by atoms with Gasteiger partial charge in [-0.3, -0.25) is 34.4 Å². The van der Waals surface area contributed by atoms with Gasteiger partial charge in [-0.15, -0.1) is 0 Å². The Morgan fingerprint density at radius 2 is 1.52 bits per heavy atom. The van der Waals surface area contributed by atoms with Crippen molar-refractivity contribution in [3.63, 3.8) is 0 Å². The summed E-state index contributed by atoms with van der Waals surface area (Å²) in [7, 11) is 0. The molecule has 0 bridgehead atoms. The third-order valence-corrected chi connectivity index (χ3v) is 11.0. The fraction of sp³-hybridized carbons (Fsp3) is 0.381. The average Bonchev–Trinajstić information content (AvgIpc) is 3.66. The van der Waals surface area contributed by atoms with Gasteiger partial charge in [-0.2, -0.15) is 0 Å². The highest BCUT2D eigenvalue weighted by Crippen LogP contribution is 2.34. The normalized spacial score (nSPS) is 21.0. The van der Waals surface area contributed by atoms with Crippen LogP contribution in [0.25, 0.3) is 32.9 Å². The van der Waals surface area contributed by atoms with E-state index in [0.29, 0.717) is 45.4 Å². The summed E-state index contributed by atoms with van der Waals surface area (Å²) in [5.74, 6) is -1.40. The molecule has 4 aliphatic rings. The van der Waals surface area contributed by atoms with E-state index < -0.39 is 29.7 Å². The molecule has 288 valence electrons. The molecular weight excluding hydrogens is 716 g/mol. The zero-order valence-corrected chi connectivity index (χ0v) is 30.8. The first-order valence-electron chi connectivity index (χ1n) is 19.3. The molecular formula is C42H42N6O8. The maximum absolute atomic E-state index is 13.1. The number of rotatable bonds is 15. The number of piperidine rings is 1. The molecule has 56 heavy (non-hydrogen) atoms. The van der Waals surface area contributed by atoms with Crippen molar-refractivity contribution < 1.29 is 38.1 Å². The minimum absolute atomic E-state index is 0.0738. The third kappa shape index (κ3) is 7.22. The summed E-state index contributed by atoms with van der Waals surface area (Å²) in [5.41, 5.74) is 5.64. The molecule has 14 heteroatoms. The molecule has 4 amide bonds. The van der Waals surface area contributed by atoms with Crippen LogP contribution >= 0.6 is 0 Å². The zero-order chi connectivity index (χ0) is 38.2. The van der Waals surface area contributed by atoms with Crippen LogP contribution in [-0.4, -0.2) is 107 Å². The maximum atomic E-state index is 13.1. The van der Waals surface area contributed by atoms with Crippen molar-refractivity contribution in [1.82, 2.24) is 25.2 Å². The van der Waals surface area contributed by atoms with Crippen LogP contribution in [0.1, 0.15) is 59.2 Å². The fourth-order valence-corrected chi connectivity index (χ4v) is 7.80. The summed E-state index contributed by atoms with van der Waals surface area (Å²) in [6, 6.07) is 16.5. The zero-order valence-electron chi connectivity index (χ0n) is 30.8. The van der Waals surface area contributed by atoms with Crippen LogP contribution in [0.4, 0.5) is 5.69 Å². The molecule has 3 aromatic heterocycles. The number of fused-ring (bicyclic) bond motifs is 4. The Kier molecular flexibility index (Phi) is 9.92. The van der Waals surface area contributed by atoms with E-state index in [2.05, 4.69) is 43.4 Å². The van der Waals surface area contributed by atoms with Crippen LogP contribution in [0.15, 0.2) is 73.2 Å². The molecule has 3 fully saturated rings. The first-order valence-corrected chi connectivity index (χ1v) is 19.3. The van der Waals surface area contributed by atoms with E-state index in [1.54, 1.807) is 18.3 Å². The van der Waals surface area contributed by atoms with Crippen molar-refractivity contribution in [2.75, 3.05) is 44.4 Å². The topological polar surface area (TPSA) is 165 Å². The molecule has 6 heterocycles. The number of pyridine rings is 2. The molecule has 14 nitrogen and oxygen atoms in total. The lowest BCUT2D eigenvalue weighted by atomic mass is 9.92. The number of benzene rings is 2. The summed E-state index contributed by atoms with van der Waals surface area (Å²) in [6.45, 7) is 3.83. The number of H-pyrrole nitrogens is 1. The highest BCUT2D eigenvalue weighted by atomic mass is 16.5. The number of amides is 4. The van der Waals surface area contributed by atoms with Gasteiger partial charge in [-0.05, 0) is 61.2 Å². The van der Waals surface area contributed by atoms with E-state index in [9.17, 15) is 19.2 Å². The van der Waals surface area contributed by atoms with Crippen molar-refractivity contribution in [2.45, 2.75) is 62.9 Å². The maximum Gasteiger partial charge on any atom is 0.262 e. The number of nitrogens with one attached hydrogen (secondary N) is 2. The highest BCUT2D eigenvalue weighted by molar-refractivity contribution is 6.23. The molecule has 9 rings (SSSR count). The van der Waals surface area contributed by atoms with Gasteiger partial charge in [0.1, 0.15) is 12.1 Å². The standard InChI is InChI=1S/C42H42N6O8/c49-38-9-8-37(40(50)46-38)48-41(51)32-7-5-27(18-33(32)42(48)52)47-23-30(24-47)55-16-2-14-53-13-1-15-54-28-19-29(20-28)56-39-10-4-26(21-44-39)25-3-6-31-34-22-43-12-11-35(34)45-36(31)17-25/h3-7,10-12,17-18,21-22,28-30,37,45H,1-2,8-9,13-16,19-20,23-24H2,(H,46,49,50)/t28-,29-,37?. The first-order chi connectivity index (χ1) is 27.4. The van der Waals surface area contributed by atoms with Gasteiger partial charge in [-0.1, -0.05) is 12.1 Å². The number of ether oxygens (including phenoxy) is 4. The smallest absolute Gasteiger partial charge is 0.262 e. The summed E-state index contributed by atoms with van der Waals surface area (Å²) < 4.78 is 23.9. The monoisotopic (exact) mass is 758 g/mol. The number of hydrogen-bond acceptors (Lipinski definition) is 11. The number of anilines is 1. The van der Waals surface area contributed by atoms with Crippen LogP contribution in [0.3, 0.4) is 0 Å². The predicted molar refractivity (Wildman–Crippen MR) is 205 cm³/mol. The molecule has 1 unspecified atom stereocenters. The number of carbonyl (C=O) groups excluding carboxylic acids is 4. The van der Waals surface area contributed by atoms with E-state index in [0.717, 1.165) is 69.2 Å². The summed E-state index contributed by atoms with van der Waals surface area (Å²) in [6.07, 6.45) is 9.44. The number of hydrogen-bond donors (Lipinski definition) is 2. The van der Waals surface area contributed by atoms with E-state index in [-0.39, 0.29) is 42.3 Å². The number of aromatic nitrogens is 3. The summed E-state index contributed by atoms with van der Waals surface area (Å²) in [4.78, 5) is 65.3. The molecule has 2 N–H and O–H groups in total. The first kappa shape index (κ1) is 36.0. The van der Waals surface area contributed by atoms with Gasteiger partial charge in [0.25, 0.3) is 11.8 Å². The van der Waals surface area contributed by atoms with Crippen molar-refractivity contribution in [1.29, 1.82) is 0 Å². The third-order valence-electron chi connectivity index (χ3n) is 11.0. The van der Waals surface area contributed by atoms with Crippen LogP contribution in [-0.2, 0) is 23.8 Å². The summed E-state index contributed by atoms with van der Waals surface area (Å²) >= 11 is 0. The number of nitrogens with zero attached hydrogens (tertiary/aromatic N) is 4. The van der Waals surface area contributed by atoms with Gasteiger partial charge in [0.15, 0.2) is 0 Å². The Hall–Kier alpha value is -5.70. The Morgan fingerprint density at radius 3 is 2.30 bits per heavy atom. The van der Waals surface area contributed by atoms with E-state index in [4.69, 9.17) is 18.9 Å². The number of aromatic amines is 1. The van der Waals surface area contributed by atoms with E-state index in [1.807, 2.05) is 36.7 Å². The Labute approximate surface area is 322 Å². The molecule has 0 spiro atoms. The van der Waals surface area contributed by atoms with Crippen molar-refractivity contribution in [2.24, 2.45) is 0 Å². The predicted octanol–water partition coefficient (Wildman–Crippen LogP) is 4.81. The Bertz CT molecular complexity index is 2300. The summed E-state index contributed by atoms with van der Waals surface area (Å²) in [5, 5.41) is 4.49. The SMILES string of the molecule is O=C1CCC(N2C(=O)c3ccc(N4CC(OCCCOCCCO[C@H]5C[C@H](Oc6ccc(-c7ccc8c(c7)[nH]c7ccncc78)cn6)C5)C4)cc3C2=O)C(=O)N1. The highest BCUT2D eigenvalue weighted by Gasteiger charge is 2.45. The second-order valence-corrected chi connectivity index (χ2v) is 14.8. The second kappa shape index (κ2) is 15.4. The van der Waals surface area contributed by atoms with Gasteiger partial charge >= 0.3 is 0 Å². The lowest BCUT2D eigenvalue weighted by Crippen LogP contribution is -2.54. The van der Waals surface area contributed by atoms with Crippen molar-refractivity contribution in [3.05, 3.63) is 84.3 Å². The van der Waals surface area contributed by atoms with Crippen LogP contribution in [0.2, 0.25) is 0 Å². The lowest BCUT2D eigenvalue weighted by molar-refractivity contribution is -0.136. The quantitative estimate of drug-likeness (QED) is 0.111. The van der Waals surface area contributed by atoms with Gasteiger partial charge in [0, 0.05) is 116 Å². The molecule has 1 aliphatic carbocycles. The van der Waals surface area contributed by atoms with Gasteiger partial charge in [-0.25, -0.2) is 4.98 Å². The van der Waals surface area contributed by atoms with E-state index in [1.165, 1.54) is 0 Å². The van der Waals surface area contributed by atoms with E-state index >= 15 is 0 Å². The van der Waals surface area contributed by atoms with Gasteiger partial charge in [0.2, 0.25) is 17.7 Å². The van der Waals surface area contributed by atoms with Gasteiger partial charge in [0.05, 0.1) is 23.3 Å². The largest absolute Gasteiger partial charge is 0.474 e. The minimum Gasteiger partial charge on any atom is -0.474 e. The Balaban J connectivity index is 0.613. The van der Waals surface area contributed by atoms with Crippen LogP contribution in [0, 0.1) is 0 Å². The second-order valence-electron chi connectivity index (χ2n) is 14.8. The molecule has 1 saturated carbocycles. The van der Waals surface area contributed by atoms with Gasteiger partial charge < -0.3 is 28.8 Å². The minimum atomic E-state index is -0.974. The molecule has 5 aromatic rings. The van der Waals surface area contributed by atoms with Crippen molar-refractivity contribution in [3.8, 4) is 17.0 Å². The molecule has 3 aliphatic heterocycles. The molecule has 2 aromatic carbocycles. The average molecular weight is 759 g/mol. The van der Waals surface area contributed by atoms with Crippen LogP contribution < -0.4 is 15.0 Å². The Morgan fingerprint density at radius 1 is 0.732 bits per heavy atom. The molecule has 0 radical (unpaired) electrons. The van der Waals surface area contributed by atoms with Crippen LogP contribution in [0.5, 0.6) is 5.88 Å². The molecule has 1 atom stereocenters. The lowest BCUT2D eigenvalue weighted by Gasteiger charge is -2.40. The number of imide groups is 2. The van der Waals surface area contributed by atoms with Crippen molar-refractivity contribution >= 4 is 51.1 Å². The number of carbonyl (C=O) groups is 4. The fourth-order valence-electron chi connectivity index (χ4n) is 7.80. The molecule has 2 saturated heterocycles.